The monoisotopic (exact) mass is 503 g/mol. The zero-order valence-corrected chi connectivity index (χ0v) is 18.1. The van der Waals surface area contributed by atoms with Gasteiger partial charge in [0, 0.05) is 25.7 Å². The molecule has 136 valence electrons. The molecule has 0 saturated carbocycles. The van der Waals surface area contributed by atoms with E-state index in [1.807, 2.05) is 53.1 Å². The minimum absolute atomic E-state index is 0.182. The molecule has 1 N–H and O–H groups in total. The molecule has 2 unspecified atom stereocenters. The molecule has 4 rings (SSSR count). The molecule has 3 aromatic carbocycles. The summed E-state index contributed by atoms with van der Waals surface area (Å²) in [6.07, 6.45) is -0.745. The Hall–Kier alpha value is -1.65. The summed E-state index contributed by atoms with van der Waals surface area (Å²) >= 11 is 6.98. The van der Waals surface area contributed by atoms with Crippen LogP contribution in [0.15, 0.2) is 68.4 Å². The highest BCUT2D eigenvalue weighted by atomic mass is 79.9. The van der Waals surface area contributed by atoms with Gasteiger partial charge in [0.1, 0.15) is 5.52 Å². The molecule has 0 aliphatic heterocycles. The molecule has 1 heterocycles. The summed E-state index contributed by atoms with van der Waals surface area (Å²) in [5, 5.41) is 12.7. The number of fused-ring (bicyclic) bond motifs is 3. The maximum atomic E-state index is 12.5. The van der Waals surface area contributed by atoms with Gasteiger partial charge in [-0.1, -0.05) is 40.2 Å². The molecular weight excluding hydrogens is 490 g/mol. The third-order valence-electron chi connectivity index (χ3n) is 4.38. The number of aromatic nitrogens is 1. The van der Waals surface area contributed by atoms with Gasteiger partial charge in [-0.15, -0.1) is 0 Å². The van der Waals surface area contributed by atoms with Crippen molar-refractivity contribution in [1.82, 2.24) is 4.57 Å². The summed E-state index contributed by atoms with van der Waals surface area (Å²) in [7, 11) is -1.25. The van der Waals surface area contributed by atoms with Crippen molar-refractivity contribution in [2.75, 3.05) is 5.75 Å². The molecule has 6 heteroatoms. The molecule has 4 aromatic rings. The summed E-state index contributed by atoms with van der Waals surface area (Å²) in [5.74, 6) is 0.182. The highest BCUT2D eigenvalue weighted by Gasteiger charge is 2.17. The quantitative estimate of drug-likeness (QED) is 0.411. The van der Waals surface area contributed by atoms with Gasteiger partial charge in [0.15, 0.2) is 0 Å². The fraction of sp³-hybridized carbons (Fsp3) is 0.143. The van der Waals surface area contributed by atoms with Gasteiger partial charge in [-0.2, -0.15) is 0 Å². The maximum absolute atomic E-state index is 12.5. The summed E-state index contributed by atoms with van der Waals surface area (Å²) in [5.41, 5.74) is 1.87. The highest BCUT2D eigenvalue weighted by molar-refractivity contribution is 9.10. The van der Waals surface area contributed by atoms with Gasteiger partial charge in [-0.25, -0.2) is 0 Å². The second-order valence-electron chi connectivity index (χ2n) is 6.26. The van der Waals surface area contributed by atoms with Crippen molar-refractivity contribution in [3.63, 3.8) is 0 Å². The molecule has 27 heavy (non-hydrogen) atoms. The second-order valence-corrected chi connectivity index (χ2v) is 9.52. The van der Waals surface area contributed by atoms with Crippen molar-refractivity contribution in [1.29, 1.82) is 0 Å². The van der Waals surface area contributed by atoms with Crippen molar-refractivity contribution in [2.45, 2.75) is 17.5 Å². The fourth-order valence-electron chi connectivity index (χ4n) is 3.21. The lowest BCUT2D eigenvalue weighted by molar-refractivity contribution is 0.180. The molecule has 0 radical (unpaired) electrons. The second kappa shape index (κ2) is 7.76. The van der Waals surface area contributed by atoms with Crippen LogP contribution in [0.5, 0.6) is 0 Å². The molecular formula is C21H15Br2NO2S. The first-order chi connectivity index (χ1) is 13.0. The van der Waals surface area contributed by atoms with E-state index in [1.54, 1.807) is 0 Å². The van der Waals surface area contributed by atoms with Crippen molar-refractivity contribution < 1.29 is 9.32 Å². The molecule has 0 saturated heterocycles. The van der Waals surface area contributed by atoms with E-state index in [9.17, 15) is 9.32 Å². The number of hydrogen-bond donors (Lipinski definition) is 1. The van der Waals surface area contributed by atoms with Crippen LogP contribution in [0.2, 0.25) is 0 Å². The first-order valence-corrected chi connectivity index (χ1v) is 11.3. The minimum atomic E-state index is -1.25. The Morgan fingerprint density at radius 1 is 1.04 bits per heavy atom. The molecule has 0 fully saturated rings. The van der Waals surface area contributed by atoms with Gasteiger partial charge in [0.2, 0.25) is 0 Å². The SMILES string of the molecule is O=S(CC(O)Cn1c2c#cc(Br)cc2c2cc(Br)ccc21)c1ccccc1. The van der Waals surface area contributed by atoms with Crippen LogP contribution in [0.3, 0.4) is 0 Å². The lowest BCUT2D eigenvalue weighted by Crippen LogP contribution is -2.22. The van der Waals surface area contributed by atoms with Crippen LogP contribution in [0.1, 0.15) is 0 Å². The summed E-state index contributed by atoms with van der Waals surface area (Å²) in [6, 6.07) is 23.5. The van der Waals surface area contributed by atoms with E-state index in [0.29, 0.717) is 6.54 Å². The van der Waals surface area contributed by atoms with E-state index < -0.39 is 16.9 Å². The van der Waals surface area contributed by atoms with Crippen molar-refractivity contribution in [3.05, 3.63) is 75.7 Å². The number of hydrogen-bond acceptors (Lipinski definition) is 2. The topological polar surface area (TPSA) is 42.2 Å². The van der Waals surface area contributed by atoms with Gasteiger partial charge in [0.25, 0.3) is 0 Å². The summed E-state index contributed by atoms with van der Waals surface area (Å²) < 4.78 is 16.4. The van der Waals surface area contributed by atoms with Crippen molar-refractivity contribution in [2.24, 2.45) is 0 Å². The normalized spacial score (nSPS) is 13.6. The molecule has 1 aromatic heterocycles. The number of halogens is 2. The smallest absolute Gasteiger partial charge is 0.101 e. The van der Waals surface area contributed by atoms with E-state index in [2.05, 4.69) is 50.1 Å². The third kappa shape index (κ3) is 3.83. The molecule has 0 amide bonds. The van der Waals surface area contributed by atoms with Crippen LogP contribution in [0.4, 0.5) is 0 Å². The largest absolute Gasteiger partial charge is 0.390 e. The summed E-state index contributed by atoms with van der Waals surface area (Å²) in [4.78, 5) is 0.728. The van der Waals surface area contributed by atoms with Crippen LogP contribution in [0, 0.1) is 12.1 Å². The van der Waals surface area contributed by atoms with E-state index in [1.165, 1.54) is 0 Å². The average Bonchev–Trinajstić information content (AvgIpc) is 2.94. The molecule has 0 spiro atoms. The minimum Gasteiger partial charge on any atom is -0.390 e. The Kier molecular flexibility index (Phi) is 5.38. The Morgan fingerprint density at radius 2 is 1.81 bits per heavy atom. The predicted octanol–water partition coefficient (Wildman–Crippen LogP) is 5.09. The highest BCUT2D eigenvalue weighted by Crippen LogP contribution is 2.31. The molecule has 0 aliphatic carbocycles. The number of aliphatic hydroxyl groups is 1. The average molecular weight is 505 g/mol. The molecule has 0 bridgehead atoms. The number of nitrogens with zero attached hydrogens (tertiary/aromatic N) is 1. The number of rotatable bonds is 5. The Balaban J connectivity index is 1.69. The third-order valence-corrected chi connectivity index (χ3v) is 6.79. The van der Waals surface area contributed by atoms with Crippen molar-refractivity contribution in [3.8, 4) is 0 Å². The van der Waals surface area contributed by atoms with Crippen LogP contribution in [-0.4, -0.2) is 25.7 Å². The van der Waals surface area contributed by atoms with Gasteiger partial charge in [-0.05, 0) is 58.4 Å². The van der Waals surface area contributed by atoms with E-state index in [0.717, 1.165) is 35.6 Å². The summed E-state index contributed by atoms with van der Waals surface area (Å²) in [6.45, 7) is 0.339. The molecule has 2 atom stereocenters. The number of benzene rings is 2. The Labute approximate surface area is 176 Å². The Bertz CT molecular complexity index is 1080. The van der Waals surface area contributed by atoms with E-state index >= 15 is 0 Å². The van der Waals surface area contributed by atoms with Gasteiger partial charge >= 0.3 is 0 Å². The predicted molar refractivity (Wildman–Crippen MR) is 116 cm³/mol. The molecule has 0 aliphatic rings. The van der Waals surface area contributed by atoms with E-state index in [4.69, 9.17) is 0 Å². The first kappa shape index (κ1) is 18.7. The van der Waals surface area contributed by atoms with E-state index in [-0.39, 0.29) is 5.75 Å². The lowest BCUT2D eigenvalue weighted by atomic mass is 10.2. The zero-order chi connectivity index (χ0) is 19.0. The number of aliphatic hydroxyl groups excluding tert-OH is 1. The van der Waals surface area contributed by atoms with Crippen LogP contribution in [-0.2, 0) is 17.3 Å². The zero-order valence-electron chi connectivity index (χ0n) is 14.2. The van der Waals surface area contributed by atoms with Crippen LogP contribution in [0.25, 0.3) is 21.8 Å². The van der Waals surface area contributed by atoms with Crippen LogP contribution >= 0.6 is 31.9 Å². The Morgan fingerprint density at radius 3 is 2.59 bits per heavy atom. The lowest BCUT2D eigenvalue weighted by Gasteiger charge is -2.13. The fourth-order valence-corrected chi connectivity index (χ4v) is 5.01. The van der Waals surface area contributed by atoms with Gasteiger partial charge < -0.3 is 9.67 Å². The van der Waals surface area contributed by atoms with Crippen molar-refractivity contribution >= 4 is 64.5 Å². The van der Waals surface area contributed by atoms with Crippen LogP contribution < -0.4 is 0 Å². The standard InChI is InChI=1S/C21H15Br2NO2S/c22-14-6-8-20-18(10-14)19-11-15(23)7-9-21(19)24(20)12-16(25)13-27(26)17-4-2-1-3-5-17/h1-6,8,10-11,16,25H,12-13H2. The molecule has 3 nitrogen and oxygen atoms in total. The van der Waals surface area contributed by atoms with Gasteiger partial charge in [0.05, 0.1) is 33.7 Å². The van der Waals surface area contributed by atoms with Gasteiger partial charge in [-0.3, -0.25) is 4.21 Å². The maximum Gasteiger partial charge on any atom is 0.101 e. The first-order valence-electron chi connectivity index (χ1n) is 8.35.